The second-order valence-corrected chi connectivity index (χ2v) is 4.94. The molecule has 0 bridgehead atoms. The molecule has 0 amide bonds. The molecule has 1 aromatic carbocycles. The first-order valence-corrected chi connectivity index (χ1v) is 6.51. The monoisotopic (exact) mass is 263 g/mol. The molecule has 2 rings (SSSR count). The first-order chi connectivity index (χ1) is 8.61. The molecule has 1 heterocycles. The van der Waals surface area contributed by atoms with Crippen molar-refractivity contribution in [1.29, 1.82) is 0 Å². The first-order valence-electron chi connectivity index (χ1n) is 6.13. The molecule has 96 valence electrons. The Morgan fingerprint density at radius 3 is 2.78 bits per heavy atom. The number of benzene rings is 1. The number of nitrogens with one attached hydrogen (secondary N) is 1. The van der Waals surface area contributed by atoms with Crippen molar-refractivity contribution in [1.82, 2.24) is 4.98 Å². The molecule has 1 aromatic heterocycles. The SMILES string of the molecule is Cc1cc(NCCCN)c2cc(Cl)cc(C)c2n1. The zero-order valence-electron chi connectivity index (χ0n) is 10.8. The van der Waals surface area contributed by atoms with E-state index in [2.05, 4.69) is 16.4 Å². The highest BCUT2D eigenvalue weighted by Gasteiger charge is 2.07. The molecule has 0 fully saturated rings. The smallest absolute Gasteiger partial charge is 0.0756 e. The maximum atomic E-state index is 6.12. The lowest BCUT2D eigenvalue weighted by molar-refractivity contribution is 0.875. The standard InChI is InChI=1S/C14H18ClN3/c1-9-6-11(15)8-12-13(17-5-3-4-16)7-10(2)18-14(9)12/h6-8H,3-5,16H2,1-2H3,(H,17,18). The molecule has 0 atom stereocenters. The molecule has 0 aliphatic carbocycles. The summed E-state index contributed by atoms with van der Waals surface area (Å²) in [5, 5.41) is 5.22. The largest absolute Gasteiger partial charge is 0.384 e. The van der Waals surface area contributed by atoms with Crippen LogP contribution in [0.15, 0.2) is 18.2 Å². The number of aryl methyl sites for hydroxylation is 2. The van der Waals surface area contributed by atoms with Crippen LogP contribution in [0.4, 0.5) is 5.69 Å². The molecule has 4 heteroatoms. The number of pyridine rings is 1. The molecule has 3 nitrogen and oxygen atoms in total. The number of hydrogen-bond acceptors (Lipinski definition) is 3. The fraction of sp³-hybridized carbons (Fsp3) is 0.357. The third-order valence-electron chi connectivity index (χ3n) is 2.89. The van der Waals surface area contributed by atoms with Crippen molar-refractivity contribution in [3.63, 3.8) is 0 Å². The number of halogens is 1. The van der Waals surface area contributed by atoms with Crippen LogP contribution in [0.3, 0.4) is 0 Å². The lowest BCUT2D eigenvalue weighted by Gasteiger charge is -2.12. The second kappa shape index (κ2) is 5.55. The lowest BCUT2D eigenvalue weighted by atomic mass is 10.1. The maximum Gasteiger partial charge on any atom is 0.0756 e. The van der Waals surface area contributed by atoms with Crippen LogP contribution in [-0.2, 0) is 0 Å². The molecule has 0 saturated carbocycles. The van der Waals surface area contributed by atoms with Crippen LogP contribution in [0.5, 0.6) is 0 Å². The van der Waals surface area contributed by atoms with Crippen molar-refractivity contribution < 1.29 is 0 Å². The van der Waals surface area contributed by atoms with Gasteiger partial charge in [0.1, 0.15) is 0 Å². The number of aromatic nitrogens is 1. The molecule has 0 aliphatic rings. The van der Waals surface area contributed by atoms with Crippen LogP contribution in [0.25, 0.3) is 10.9 Å². The van der Waals surface area contributed by atoms with E-state index in [1.54, 1.807) is 0 Å². The number of anilines is 1. The van der Waals surface area contributed by atoms with Crippen LogP contribution in [0.1, 0.15) is 17.7 Å². The zero-order valence-corrected chi connectivity index (χ0v) is 11.5. The third kappa shape index (κ3) is 2.74. The topological polar surface area (TPSA) is 50.9 Å². The molecular formula is C14H18ClN3. The Hall–Kier alpha value is -1.32. The molecule has 0 aliphatic heterocycles. The Labute approximate surface area is 112 Å². The van der Waals surface area contributed by atoms with Gasteiger partial charge in [-0.3, -0.25) is 4.98 Å². The van der Waals surface area contributed by atoms with Crippen LogP contribution < -0.4 is 11.1 Å². The predicted molar refractivity (Wildman–Crippen MR) is 78.4 cm³/mol. The Balaban J connectivity index is 2.50. The average molecular weight is 264 g/mol. The van der Waals surface area contributed by atoms with Crippen molar-refractivity contribution in [2.45, 2.75) is 20.3 Å². The summed E-state index contributed by atoms with van der Waals surface area (Å²) in [7, 11) is 0. The number of nitrogens with zero attached hydrogens (tertiary/aromatic N) is 1. The molecule has 3 N–H and O–H groups in total. The molecule has 0 saturated heterocycles. The van der Waals surface area contributed by atoms with Crippen molar-refractivity contribution in [2.75, 3.05) is 18.4 Å². The summed E-state index contributed by atoms with van der Waals surface area (Å²) in [5.74, 6) is 0. The van der Waals surface area contributed by atoms with Crippen molar-refractivity contribution in [3.8, 4) is 0 Å². The van der Waals surface area contributed by atoms with Gasteiger partial charge in [0.15, 0.2) is 0 Å². The minimum atomic E-state index is 0.689. The second-order valence-electron chi connectivity index (χ2n) is 4.50. The fourth-order valence-electron chi connectivity index (χ4n) is 2.06. The molecule has 2 aromatic rings. The normalized spacial score (nSPS) is 10.9. The van der Waals surface area contributed by atoms with Gasteiger partial charge in [-0.05, 0) is 50.6 Å². The van der Waals surface area contributed by atoms with Gasteiger partial charge < -0.3 is 11.1 Å². The van der Waals surface area contributed by atoms with E-state index in [-0.39, 0.29) is 0 Å². The maximum absolute atomic E-state index is 6.12. The van der Waals surface area contributed by atoms with Gasteiger partial charge in [-0.1, -0.05) is 11.6 Å². The van der Waals surface area contributed by atoms with Crippen LogP contribution in [-0.4, -0.2) is 18.1 Å². The van der Waals surface area contributed by atoms with Gasteiger partial charge in [-0.25, -0.2) is 0 Å². The molecule has 0 spiro atoms. The van der Waals surface area contributed by atoms with Crippen LogP contribution in [0.2, 0.25) is 5.02 Å². The summed E-state index contributed by atoms with van der Waals surface area (Å²) in [5.41, 5.74) is 9.70. The Kier molecular flexibility index (Phi) is 4.04. The quantitative estimate of drug-likeness (QED) is 0.833. The van der Waals surface area contributed by atoms with Gasteiger partial charge in [0.25, 0.3) is 0 Å². The summed E-state index contributed by atoms with van der Waals surface area (Å²) in [4.78, 5) is 4.58. The van der Waals surface area contributed by atoms with Crippen LogP contribution in [0, 0.1) is 13.8 Å². The highest BCUT2D eigenvalue weighted by Crippen LogP contribution is 2.28. The van der Waals surface area contributed by atoms with Crippen molar-refractivity contribution in [2.24, 2.45) is 5.73 Å². The minimum absolute atomic E-state index is 0.689. The molecule has 0 unspecified atom stereocenters. The summed E-state index contributed by atoms with van der Waals surface area (Å²) in [6.45, 7) is 5.58. The van der Waals surface area contributed by atoms with E-state index < -0.39 is 0 Å². The van der Waals surface area contributed by atoms with E-state index in [9.17, 15) is 0 Å². The Bertz CT molecular complexity index is 566. The van der Waals surface area contributed by atoms with Gasteiger partial charge >= 0.3 is 0 Å². The van der Waals surface area contributed by atoms with E-state index in [1.807, 2.05) is 26.0 Å². The minimum Gasteiger partial charge on any atom is -0.384 e. The number of nitrogens with two attached hydrogens (primary N) is 1. The van der Waals surface area contributed by atoms with Gasteiger partial charge in [-0.2, -0.15) is 0 Å². The van der Waals surface area contributed by atoms with E-state index in [0.29, 0.717) is 6.54 Å². The molecule has 0 radical (unpaired) electrons. The molecule has 18 heavy (non-hydrogen) atoms. The number of fused-ring (bicyclic) bond motifs is 1. The summed E-state index contributed by atoms with van der Waals surface area (Å²) < 4.78 is 0. The van der Waals surface area contributed by atoms with Gasteiger partial charge in [0, 0.05) is 28.3 Å². The number of hydrogen-bond donors (Lipinski definition) is 2. The van der Waals surface area contributed by atoms with E-state index in [4.69, 9.17) is 17.3 Å². The van der Waals surface area contributed by atoms with E-state index in [0.717, 1.165) is 45.8 Å². The van der Waals surface area contributed by atoms with Gasteiger partial charge in [0.2, 0.25) is 0 Å². The van der Waals surface area contributed by atoms with Crippen molar-refractivity contribution in [3.05, 3.63) is 34.5 Å². The third-order valence-corrected chi connectivity index (χ3v) is 3.11. The van der Waals surface area contributed by atoms with Crippen molar-refractivity contribution >= 4 is 28.2 Å². The zero-order chi connectivity index (χ0) is 13.1. The summed E-state index contributed by atoms with van der Waals surface area (Å²) in [6, 6.07) is 5.95. The summed E-state index contributed by atoms with van der Waals surface area (Å²) in [6.07, 6.45) is 0.947. The lowest BCUT2D eigenvalue weighted by Crippen LogP contribution is -2.09. The highest BCUT2D eigenvalue weighted by atomic mass is 35.5. The first kappa shape index (κ1) is 13.1. The molecular weight excluding hydrogens is 246 g/mol. The van der Waals surface area contributed by atoms with E-state index in [1.165, 1.54) is 0 Å². The Morgan fingerprint density at radius 2 is 2.06 bits per heavy atom. The van der Waals surface area contributed by atoms with Gasteiger partial charge in [-0.15, -0.1) is 0 Å². The summed E-state index contributed by atoms with van der Waals surface area (Å²) >= 11 is 6.12. The van der Waals surface area contributed by atoms with Gasteiger partial charge in [0.05, 0.1) is 5.52 Å². The average Bonchev–Trinajstić information content (AvgIpc) is 2.31. The van der Waals surface area contributed by atoms with Crippen LogP contribution >= 0.6 is 11.6 Å². The van der Waals surface area contributed by atoms with E-state index >= 15 is 0 Å². The number of rotatable bonds is 4. The Morgan fingerprint density at radius 1 is 1.28 bits per heavy atom. The predicted octanol–water partition coefficient (Wildman–Crippen LogP) is 3.27. The highest BCUT2D eigenvalue weighted by molar-refractivity contribution is 6.31. The fourth-order valence-corrected chi connectivity index (χ4v) is 2.33.